The summed E-state index contributed by atoms with van der Waals surface area (Å²) in [4.78, 5) is 96.2. The van der Waals surface area contributed by atoms with Crippen molar-refractivity contribution in [2.24, 2.45) is 0 Å². The van der Waals surface area contributed by atoms with Crippen molar-refractivity contribution in [1.82, 2.24) is 19.6 Å². The fourth-order valence-electron chi connectivity index (χ4n) is 6.88. The number of carbonyl (C=O) groups excluding carboxylic acids is 4. The number of carboxylic acid groups (broad SMARTS) is 4. The van der Waals surface area contributed by atoms with Gasteiger partial charge in [-0.15, -0.1) is 0 Å². The third kappa shape index (κ3) is 18.5. The molecule has 82 heavy (non-hydrogen) atoms. The van der Waals surface area contributed by atoms with Crippen molar-refractivity contribution in [1.29, 1.82) is 0 Å². The van der Waals surface area contributed by atoms with Crippen LogP contribution >= 0.6 is 131 Å². The summed E-state index contributed by atoms with van der Waals surface area (Å²) in [5.74, 6) is -8.25. The molecule has 30 heteroatoms. The largest absolute Gasteiger partial charge is 0.480 e. The predicted molar refractivity (Wildman–Crippen MR) is 330 cm³/mol. The molecule has 0 atom stereocenters. The maximum atomic E-state index is 13.5. The van der Waals surface area contributed by atoms with Crippen molar-refractivity contribution in [2.75, 3.05) is 26.2 Å². The zero-order valence-electron chi connectivity index (χ0n) is 42.3. The van der Waals surface area contributed by atoms with Crippen molar-refractivity contribution >= 4 is 220 Å². The lowest BCUT2D eigenvalue weighted by molar-refractivity contribution is -0.140. The van der Waals surface area contributed by atoms with E-state index in [-0.39, 0.29) is 39.2 Å². The highest BCUT2D eigenvalue weighted by atomic mass is 35.5. The minimum Gasteiger partial charge on any atom is -0.480 e. The van der Waals surface area contributed by atoms with Crippen LogP contribution in [0, 0.1) is 45.1 Å². The monoisotopic (exact) mass is 1330 g/mol. The molecule has 4 heterocycles. The second kappa shape index (κ2) is 29.5. The van der Waals surface area contributed by atoms with Gasteiger partial charge >= 0.3 is 23.9 Å². The van der Waals surface area contributed by atoms with E-state index >= 15 is 0 Å². The minimum absolute atomic E-state index is 0.0988. The van der Waals surface area contributed by atoms with Gasteiger partial charge in [0, 0.05) is 20.6 Å². The van der Waals surface area contributed by atoms with Crippen LogP contribution in [0.15, 0.2) is 80.3 Å². The van der Waals surface area contributed by atoms with E-state index in [4.69, 9.17) is 104 Å². The molecular formula is C52H38Cl3F3N4O12S8. The van der Waals surface area contributed by atoms with Crippen LogP contribution in [0.5, 0.6) is 0 Å². The molecule has 0 saturated carbocycles. The van der Waals surface area contributed by atoms with Crippen LogP contribution in [0.2, 0.25) is 15.1 Å². The Labute approximate surface area is 518 Å². The Morgan fingerprint density at radius 2 is 0.720 bits per heavy atom. The van der Waals surface area contributed by atoms with Crippen LogP contribution in [0.1, 0.15) is 44.5 Å². The summed E-state index contributed by atoms with van der Waals surface area (Å²) in [7, 11) is 0. The third-order valence-corrected chi connectivity index (χ3v) is 17.1. The number of amides is 4. The van der Waals surface area contributed by atoms with Crippen LogP contribution in [0.4, 0.5) is 13.2 Å². The number of hydrogen-bond donors (Lipinski definition) is 4. The van der Waals surface area contributed by atoms with Crippen LogP contribution in [0.25, 0.3) is 24.3 Å². The number of thiocarbonyl (C=S) groups is 4. The molecule has 0 spiro atoms. The van der Waals surface area contributed by atoms with Gasteiger partial charge in [-0.1, -0.05) is 143 Å². The maximum absolute atomic E-state index is 13.5. The van der Waals surface area contributed by atoms with Gasteiger partial charge in [0.15, 0.2) is 0 Å². The Kier molecular flexibility index (Phi) is 24.0. The minimum atomic E-state index is -1.19. The van der Waals surface area contributed by atoms with Crippen molar-refractivity contribution in [3.63, 3.8) is 0 Å². The van der Waals surface area contributed by atoms with Crippen molar-refractivity contribution in [3.05, 3.63) is 157 Å². The SMILES string of the molecule is Cc1c(Cl)cc(/C=C2\SC(=S)N(CC(=O)O)C2=O)cc1Cl.Cc1c(F)cc(/C=C2\SC(=S)N(CC(=O)O)C2=O)cc1F.Cc1cc(Cl)cc(/C=C2\SC(=S)N(CC(=O)O)C2=O)c1.Cc1cc(F)cc(/C=C2\SC(=S)N(CC(=O)O)C2=O)c1. The second-order valence-corrected chi connectivity index (χ2v) is 24.9. The van der Waals surface area contributed by atoms with E-state index in [0.29, 0.717) is 40.9 Å². The van der Waals surface area contributed by atoms with Gasteiger partial charge in [-0.25, -0.2) is 13.2 Å². The van der Waals surface area contributed by atoms with Gasteiger partial charge in [0.1, 0.15) is 60.9 Å². The molecule has 8 rings (SSSR count). The maximum Gasteiger partial charge on any atom is 0.323 e. The summed E-state index contributed by atoms with van der Waals surface area (Å²) in [6, 6.07) is 15.4. The summed E-state index contributed by atoms with van der Waals surface area (Å²) in [6.45, 7) is 4.87. The first-order valence-electron chi connectivity index (χ1n) is 22.7. The highest BCUT2D eigenvalue weighted by Gasteiger charge is 2.36. The number of carboxylic acids is 4. The molecule has 4 aromatic carbocycles. The van der Waals surface area contributed by atoms with Gasteiger partial charge in [-0.05, 0) is 139 Å². The summed E-state index contributed by atoms with van der Waals surface area (Å²) < 4.78 is 41.0. The van der Waals surface area contributed by atoms with Crippen molar-refractivity contribution in [3.8, 4) is 0 Å². The third-order valence-electron chi connectivity index (χ3n) is 10.6. The Morgan fingerprint density at radius 3 is 1.01 bits per heavy atom. The molecule has 4 aromatic rings. The predicted octanol–water partition coefficient (Wildman–Crippen LogP) is 11.5. The number of aryl methyl sites for hydroxylation is 2. The number of halogens is 6. The molecule has 0 bridgehead atoms. The number of thioether (sulfide) groups is 4. The van der Waals surface area contributed by atoms with Gasteiger partial charge in [0.2, 0.25) is 0 Å². The molecule has 16 nitrogen and oxygen atoms in total. The van der Waals surface area contributed by atoms with E-state index in [2.05, 4.69) is 0 Å². The molecular weight excluding hydrogens is 1290 g/mol. The zero-order chi connectivity index (χ0) is 61.2. The summed E-state index contributed by atoms with van der Waals surface area (Å²) in [5.41, 5.74) is 4.52. The van der Waals surface area contributed by atoms with Crippen molar-refractivity contribution in [2.45, 2.75) is 27.7 Å². The lowest BCUT2D eigenvalue weighted by atomic mass is 10.1. The van der Waals surface area contributed by atoms with E-state index < -0.39 is 85.2 Å². The van der Waals surface area contributed by atoms with E-state index in [1.807, 2.05) is 19.1 Å². The number of nitrogens with zero attached hydrogens (tertiary/aromatic N) is 4. The molecule has 0 unspecified atom stereocenters. The van der Waals surface area contributed by atoms with Crippen LogP contribution < -0.4 is 0 Å². The zero-order valence-corrected chi connectivity index (χ0v) is 51.1. The normalized spacial score (nSPS) is 17.0. The quantitative estimate of drug-likeness (QED) is 0.0763. The van der Waals surface area contributed by atoms with E-state index in [9.17, 15) is 51.5 Å². The van der Waals surface area contributed by atoms with Gasteiger partial charge in [0.05, 0.1) is 19.6 Å². The number of benzene rings is 4. The molecule has 4 amide bonds. The molecule has 4 fully saturated rings. The number of carbonyl (C=O) groups is 8. The first-order valence-corrected chi connectivity index (χ1v) is 28.7. The first kappa shape index (κ1) is 66.8. The van der Waals surface area contributed by atoms with E-state index in [0.717, 1.165) is 101 Å². The average Bonchev–Trinajstić information content (AvgIpc) is 3.97. The highest BCUT2D eigenvalue weighted by molar-refractivity contribution is 8.28. The topological polar surface area (TPSA) is 230 Å². The summed E-state index contributed by atoms with van der Waals surface area (Å²) in [5, 5.41) is 36.5. The lowest BCUT2D eigenvalue weighted by Gasteiger charge is -2.10. The molecule has 0 radical (unpaired) electrons. The van der Waals surface area contributed by atoms with E-state index in [1.54, 1.807) is 50.3 Å². The standard InChI is InChI=1S/C13H9Cl2NO3S2.C13H10ClNO3S2.C13H9F2NO3S2.C13H10FNO3S2/c1-6-8(14)2-7(3-9(6)15)4-10-12(19)16(5-11(17)18)13(20)21-10;1-7-2-8(4-9(14)3-7)5-10-12(18)15(6-11(16)17)13(19)20-10;1-6-8(14)2-7(3-9(6)15)4-10-12(19)16(5-11(17)18)13(20)21-10;1-7-2-8(4-9(14)3-7)5-10-12(18)15(6-11(16)17)13(19)20-10/h2-4H,5H2,1H3,(H,17,18);2-5H,6H2,1H3,(H,16,17);2-4H,5H2,1H3,(H,17,18);2-5H,6H2,1H3,(H,16,17)/b10-4-;10-5-;10-4-;10-5-. The number of aliphatic carboxylic acids is 4. The fourth-order valence-corrected chi connectivity index (χ4v) is 12.7. The molecule has 4 N–H and O–H groups in total. The molecule has 0 aromatic heterocycles. The van der Waals surface area contributed by atoms with Gasteiger partial charge in [-0.3, -0.25) is 58.0 Å². The summed E-state index contributed by atoms with van der Waals surface area (Å²) in [6.07, 6.45) is 6.06. The van der Waals surface area contributed by atoms with E-state index in [1.165, 1.54) is 31.2 Å². The fraction of sp³-hybridized carbons (Fsp3) is 0.154. The Balaban J connectivity index is 0.000000200. The van der Waals surface area contributed by atoms with Gasteiger partial charge in [0.25, 0.3) is 23.6 Å². The number of hydrogen-bond acceptors (Lipinski definition) is 16. The highest BCUT2D eigenvalue weighted by Crippen LogP contribution is 2.37. The summed E-state index contributed by atoms with van der Waals surface area (Å²) >= 11 is 42.0. The average molecular weight is 1330 g/mol. The van der Waals surface area contributed by atoms with Crippen LogP contribution in [-0.4, -0.2) is 131 Å². The Morgan fingerprint density at radius 1 is 0.439 bits per heavy atom. The molecule has 4 aliphatic heterocycles. The Hall–Kier alpha value is -5.98. The Bertz CT molecular complexity index is 3270. The first-order chi connectivity index (χ1) is 38.3. The van der Waals surface area contributed by atoms with Crippen LogP contribution in [-0.2, 0) is 38.4 Å². The van der Waals surface area contributed by atoms with Gasteiger partial charge < -0.3 is 20.4 Å². The van der Waals surface area contributed by atoms with Gasteiger partial charge in [-0.2, -0.15) is 0 Å². The number of rotatable bonds is 12. The molecule has 428 valence electrons. The smallest absolute Gasteiger partial charge is 0.323 e. The second-order valence-electron chi connectivity index (χ2n) is 17.0. The van der Waals surface area contributed by atoms with Crippen molar-refractivity contribution < 1.29 is 72.0 Å². The van der Waals surface area contributed by atoms with Crippen LogP contribution in [0.3, 0.4) is 0 Å². The lowest BCUT2D eigenvalue weighted by Crippen LogP contribution is -2.33. The molecule has 4 aliphatic rings. The molecule has 4 saturated heterocycles. The molecule has 0 aliphatic carbocycles.